The molecule has 3 aliphatic rings. The van der Waals surface area contributed by atoms with E-state index in [4.69, 9.17) is 9.72 Å². The van der Waals surface area contributed by atoms with Gasteiger partial charge in [0, 0.05) is 44.2 Å². The number of fused-ring (bicyclic) bond motifs is 1. The Labute approximate surface area is 197 Å². The van der Waals surface area contributed by atoms with Gasteiger partial charge in [-0.15, -0.1) is 0 Å². The number of hydrogen-bond acceptors (Lipinski definition) is 7. The Hall–Kier alpha value is -2.98. The quantitative estimate of drug-likeness (QED) is 0.674. The van der Waals surface area contributed by atoms with Crippen LogP contribution in [-0.4, -0.2) is 73.5 Å². The molecule has 2 aromatic rings. The number of carbonyl (C=O) groups excluding carboxylic acids is 1. The fourth-order valence-electron chi connectivity index (χ4n) is 4.73. The molecule has 2 atom stereocenters. The molecule has 11 heteroatoms. The van der Waals surface area contributed by atoms with Crippen molar-refractivity contribution in [3.8, 4) is 5.95 Å². The largest absolute Gasteiger partial charge is 0.444 e. The van der Waals surface area contributed by atoms with E-state index in [1.807, 2.05) is 39.8 Å². The average molecular weight is 476 g/mol. The number of nitrogens with zero attached hydrogens (tertiary/aromatic N) is 6. The van der Waals surface area contributed by atoms with E-state index < -0.39 is 11.5 Å². The van der Waals surface area contributed by atoms with E-state index in [1.165, 1.54) is 0 Å². The first-order chi connectivity index (χ1) is 16.0. The van der Waals surface area contributed by atoms with Gasteiger partial charge in [0.25, 0.3) is 5.95 Å². The molecule has 1 N–H and O–H groups in total. The van der Waals surface area contributed by atoms with Crippen LogP contribution < -0.4 is 10.2 Å². The maximum absolute atomic E-state index is 13.6. The van der Waals surface area contributed by atoms with E-state index in [2.05, 4.69) is 20.3 Å². The van der Waals surface area contributed by atoms with Gasteiger partial charge in [-0.3, -0.25) is 4.90 Å². The van der Waals surface area contributed by atoms with Crippen LogP contribution in [0.25, 0.3) is 5.95 Å². The summed E-state index contributed by atoms with van der Waals surface area (Å²) in [5.41, 5.74) is 0.314. The van der Waals surface area contributed by atoms with Crippen molar-refractivity contribution in [3.05, 3.63) is 24.0 Å². The molecule has 4 heterocycles. The summed E-state index contributed by atoms with van der Waals surface area (Å²) >= 11 is 0. The standard InChI is InChI=1S/C23H31F2N7O2/c1-14-7-10-31(29-14)20-27-18(26-15-5-8-23(24,25)9-6-15)11-19(28-20)30-12-16-17(13-30)32(16)21(33)34-22(2,3)4/h7,10-11,15-17H,5-6,8-9,12-13H2,1-4H3,(H,26,27,28). The van der Waals surface area contributed by atoms with Crippen molar-refractivity contribution in [1.82, 2.24) is 24.6 Å². The van der Waals surface area contributed by atoms with Crippen molar-refractivity contribution in [1.29, 1.82) is 0 Å². The van der Waals surface area contributed by atoms with Crippen molar-refractivity contribution in [2.24, 2.45) is 0 Å². The summed E-state index contributed by atoms with van der Waals surface area (Å²) in [4.78, 5) is 25.7. The lowest BCUT2D eigenvalue weighted by Crippen LogP contribution is -2.36. The van der Waals surface area contributed by atoms with Crippen molar-refractivity contribution < 1.29 is 18.3 Å². The third-order valence-electron chi connectivity index (χ3n) is 6.51. The molecule has 1 amide bonds. The monoisotopic (exact) mass is 475 g/mol. The van der Waals surface area contributed by atoms with Crippen molar-refractivity contribution in [3.63, 3.8) is 0 Å². The van der Waals surface area contributed by atoms with Crippen LogP contribution in [0.2, 0.25) is 0 Å². The van der Waals surface area contributed by atoms with Crippen molar-refractivity contribution in [2.45, 2.75) is 83.0 Å². The van der Waals surface area contributed by atoms with Gasteiger partial charge in [-0.1, -0.05) is 0 Å². The number of piperazine rings is 1. The molecule has 2 aromatic heterocycles. The van der Waals surface area contributed by atoms with Crippen LogP contribution in [0, 0.1) is 6.92 Å². The van der Waals surface area contributed by atoms with E-state index in [-0.39, 0.29) is 37.1 Å². The minimum Gasteiger partial charge on any atom is -0.444 e. The van der Waals surface area contributed by atoms with Crippen LogP contribution in [0.1, 0.15) is 52.1 Å². The highest BCUT2D eigenvalue weighted by Gasteiger charge is 2.58. The van der Waals surface area contributed by atoms with E-state index >= 15 is 0 Å². The lowest BCUT2D eigenvalue weighted by molar-refractivity contribution is -0.0361. The zero-order valence-corrected chi connectivity index (χ0v) is 20.0. The van der Waals surface area contributed by atoms with Gasteiger partial charge < -0.3 is 15.0 Å². The molecule has 2 saturated heterocycles. The number of carbonyl (C=O) groups is 1. The number of amides is 1. The number of aromatic nitrogens is 4. The Bertz CT molecular complexity index is 1060. The molecule has 0 spiro atoms. The molecule has 34 heavy (non-hydrogen) atoms. The highest BCUT2D eigenvalue weighted by molar-refractivity contribution is 5.74. The predicted molar refractivity (Wildman–Crippen MR) is 123 cm³/mol. The van der Waals surface area contributed by atoms with Crippen LogP contribution in [0.5, 0.6) is 0 Å². The van der Waals surface area contributed by atoms with Crippen molar-refractivity contribution >= 4 is 17.7 Å². The molecule has 2 aliphatic heterocycles. The van der Waals surface area contributed by atoms with Gasteiger partial charge in [-0.25, -0.2) is 18.3 Å². The smallest absolute Gasteiger partial charge is 0.411 e. The second-order valence-electron chi connectivity index (χ2n) is 10.5. The first kappa shape index (κ1) is 22.8. The molecule has 1 aliphatic carbocycles. The average Bonchev–Trinajstić information content (AvgIpc) is 3.06. The van der Waals surface area contributed by atoms with E-state index in [0.717, 1.165) is 11.5 Å². The van der Waals surface area contributed by atoms with Crippen LogP contribution in [-0.2, 0) is 4.74 Å². The van der Waals surface area contributed by atoms with Crippen LogP contribution in [0.4, 0.5) is 25.2 Å². The van der Waals surface area contributed by atoms with Crippen LogP contribution in [0.15, 0.2) is 18.3 Å². The number of nitrogens with one attached hydrogen (secondary N) is 1. The highest BCUT2D eigenvalue weighted by atomic mass is 19.3. The van der Waals surface area contributed by atoms with Gasteiger partial charge in [0.1, 0.15) is 17.2 Å². The minimum absolute atomic E-state index is 0.0655. The van der Waals surface area contributed by atoms with Gasteiger partial charge in [0.15, 0.2) is 0 Å². The van der Waals surface area contributed by atoms with Crippen molar-refractivity contribution in [2.75, 3.05) is 23.3 Å². The van der Waals surface area contributed by atoms with E-state index in [9.17, 15) is 13.6 Å². The zero-order chi connectivity index (χ0) is 24.3. The molecule has 0 aromatic carbocycles. The second-order valence-corrected chi connectivity index (χ2v) is 10.5. The Balaban J connectivity index is 1.32. The number of alkyl halides is 2. The number of anilines is 2. The van der Waals surface area contributed by atoms with Gasteiger partial charge in [-0.05, 0) is 46.6 Å². The summed E-state index contributed by atoms with van der Waals surface area (Å²) in [7, 11) is 0. The maximum Gasteiger partial charge on any atom is 0.411 e. The normalized spacial score (nSPS) is 24.2. The van der Waals surface area contributed by atoms with E-state index in [1.54, 1.807) is 15.8 Å². The SMILES string of the molecule is Cc1ccn(-c2nc(NC3CCC(F)(F)CC3)cc(N3CC4C(C3)N4C(=O)OC(C)(C)C)n2)n1. The van der Waals surface area contributed by atoms with Gasteiger partial charge in [0.05, 0.1) is 17.8 Å². The molecule has 1 saturated carbocycles. The summed E-state index contributed by atoms with van der Waals surface area (Å²) in [5.74, 6) is -0.853. The molecule has 9 nitrogen and oxygen atoms in total. The van der Waals surface area contributed by atoms with Gasteiger partial charge in [0.2, 0.25) is 5.92 Å². The van der Waals surface area contributed by atoms with Crippen LogP contribution in [0.3, 0.4) is 0 Å². The Kier molecular flexibility index (Phi) is 5.40. The first-order valence-electron chi connectivity index (χ1n) is 11.8. The number of ether oxygens (including phenoxy) is 1. The second kappa shape index (κ2) is 8.06. The van der Waals surface area contributed by atoms with Crippen LogP contribution >= 0.6 is 0 Å². The summed E-state index contributed by atoms with van der Waals surface area (Å²) in [6.45, 7) is 8.76. The number of halogens is 2. The fourth-order valence-corrected chi connectivity index (χ4v) is 4.73. The first-order valence-corrected chi connectivity index (χ1v) is 11.8. The summed E-state index contributed by atoms with van der Waals surface area (Å²) < 4.78 is 34.3. The summed E-state index contributed by atoms with van der Waals surface area (Å²) in [6, 6.07) is 3.85. The Morgan fingerprint density at radius 2 is 1.85 bits per heavy atom. The lowest BCUT2D eigenvalue weighted by atomic mass is 9.92. The summed E-state index contributed by atoms with van der Waals surface area (Å²) in [6.07, 6.45) is 2.05. The topological polar surface area (TPSA) is 88.2 Å². The summed E-state index contributed by atoms with van der Waals surface area (Å²) in [5, 5.41) is 7.76. The predicted octanol–water partition coefficient (Wildman–Crippen LogP) is 3.77. The number of rotatable bonds is 4. The molecule has 5 rings (SSSR count). The zero-order valence-electron chi connectivity index (χ0n) is 20.0. The third kappa shape index (κ3) is 4.78. The third-order valence-corrected chi connectivity index (χ3v) is 6.51. The minimum atomic E-state index is -2.58. The molecule has 0 bridgehead atoms. The van der Waals surface area contributed by atoms with Gasteiger partial charge >= 0.3 is 6.09 Å². The molecule has 184 valence electrons. The highest BCUT2D eigenvalue weighted by Crippen LogP contribution is 2.39. The lowest BCUT2D eigenvalue weighted by Gasteiger charge is -2.29. The van der Waals surface area contributed by atoms with Gasteiger partial charge in [-0.2, -0.15) is 15.1 Å². The molecule has 3 fully saturated rings. The molecule has 0 radical (unpaired) electrons. The molecular weight excluding hydrogens is 444 g/mol. The number of hydrogen-bond donors (Lipinski definition) is 1. The maximum atomic E-state index is 13.6. The molecular formula is C23H31F2N7O2. The molecule has 2 unspecified atom stereocenters. The Morgan fingerprint density at radius 3 is 2.44 bits per heavy atom. The van der Waals surface area contributed by atoms with E-state index in [0.29, 0.717) is 37.7 Å². The number of aryl methyl sites for hydroxylation is 1. The Morgan fingerprint density at radius 1 is 1.18 bits per heavy atom. The fraction of sp³-hybridized carbons (Fsp3) is 0.652.